The number of hydrogen-bond donors (Lipinski definition) is 2. The number of benzene rings is 1. The van der Waals surface area contributed by atoms with Crippen LogP contribution in [-0.4, -0.2) is 29.3 Å². The van der Waals surface area contributed by atoms with Crippen LogP contribution < -0.4 is 15.4 Å². The number of halogens is 2. The van der Waals surface area contributed by atoms with Crippen molar-refractivity contribution in [3.05, 3.63) is 53.2 Å². The van der Waals surface area contributed by atoms with Crippen LogP contribution in [0, 0.1) is 6.92 Å². The zero-order valence-electron chi connectivity index (χ0n) is 16.2. The Hall–Kier alpha value is -3.03. The maximum Gasteiger partial charge on any atom is 0.278 e. The van der Waals surface area contributed by atoms with Crippen molar-refractivity contribution in [2.24, 2.45) is 0 Å². The van der Waals surface area contributed by atoms with Crippen molar-refractivity contribution in [1.82, 2.24) is 10.3 Å². The van der Waals surface area contributed by atoms with E-state index >= 15 is 0 Å². The number of aryl methyl sites for hydroxylation is 1. The molecule has 1 aromatic heterocycles. The number of carbonyl (C=O) groups excluding carboxylic acids is 2. The molecule has 0 fully saturated rings. The molecular formula is C20H23F2N3O3. The highest BCUT2D eigenvalue weighted by Crippen LogP contribution is 2.21. The predicted molar refractivity (Wildman–Crippen MR) is 102 cm³/mol. The number of nitrogens with one attached hydrogen (secondary N) is 2. The Morgan fingerprint density at radius 2 is 1.86 bits per heavy atom. The first-order valence-corrected chi connectivity index (χ1v) is 8.71. The molecule has 150 valence electrons. The lowest BCUT2D eigenvalue weighted by atomic mass is 10.1. The maximum absolute atomic E-state index is 12.8. The first-order valence-electron chi connectivity index (χ1n) is 8.71. The molecule has 1 unspecified atom stereocenters. The Labute approximate surface area is 162 Å². The maximum atomic E-state index is 12.8. The van der Waals surface area contributed by atoms with E-state index in [1.165, 1.54) is 13.0 Å². The Morgan fingerprint density at radius 3 is 2.43 bits per heavy atom. The SMILES string of the molecule is CC(=O)Nc1cc(C(=O)NC(C)c2ccc(OCC(C)(F)F)cc2)cc(C)n1. The summed E-state index contributed by atoms with van der Waals surface area (Å²) in [7, 11) is 0. The van der Waals surface area contributed by atoms with E-state index in [0.29, 0.717) is 22.8 Å². The van der Waals surface area contributed by atoms with Gasteiger partial charge in [-0.3, -0.25) is 9.59 Å². The van der Waals surface area contributed by atoms with Crippen molar-refractivity contribution in [1.29, 1.82) is 0 Å². The molecule has 0 bridgehead atoms. The van der Waals surface area contributed by atoms with Crippen LogP contribution in [0.4, 0.5) is 14.6 Å². The molecule has 1 heterocycles. The van der Waals surface area contributed by atoms with E-state index < -0.39 is 12.5 Å². The molecule has 0 saturated carbocycles. The molecule has 0 aliphatic heterocycles. The minimum atomic E-state index is -2.90. The summed E-state index contributed by atoms with van der Waals surface area (Å²) in [4.78, 5) is 27.9. The summed E-state index contributed by atoms with van der Waals surface area (Å²) < 4.78 is 30.7. The van der Waals surface area contributed by atoms with Crippen LogP contribution in [0.5, 0.6) is 5.75 Å². The number of pyridine rings is 1. The highest BCUT2D eigenvalue weighted by Gasteiger charge is 2.22. The summed E-state index contributed by atoms with van der Waals surface area (Å²) in [5.41, 5.74) is 1.75. The van der Waals surface area contributed by atoms with E-state index in [0.717, 1.165) is 12.5 Å². The largest absolute Gasteiger partial charge is 0.487 e. The standard InChI is InChI=1S/C20H23F2N3O3/c1-12-9-16(10-18(23-12)25-14(3)26)19(27)24-13(2)15-5-7-17(8-6-15)28-11-20(4,21)22/h5-10,13H,11H2,1-4H3,(H,24,27)(H,23,25,26). The van der Waals surface area contributed by atoms with Gasteiger partial charge in [0.05, 0.1) is 6.04 Å². The van der Waals surface area contributed by atoms with Gasteiger partial charge in [-0.15, -0.1) is 0 Å². The second kappa shape index (κ2) is 8.77. The third kappa shape index (κ3) is 6.61. The number of rotatable bonds is 7. The second-order valence-electron chi connectivity index (χ2n) is 6.69. The van der Waals surface area contributed by atoms with Crippen molar-refractivity contribution >= 4 is 17.6 Å². The van der Waals surface area contributed by atoms with E-state index in [1.807, 2.05) is 0 Å². The van der Waals surface area contributed by atoms with Gasteiger partial charge < -0.3 is 15.4 Å². The summed E-state index contributed by atoms with van der Waals surface area (Å²) in [6.07, 6.45) is 0. The van der Waals surface area contributed by atoms with Crippen LogP contribution >= 0.6 is 0 Å². The molecule has 0 aliphatic carbocycles. The van der Waals surface area contributed by atoms with Crippen LogP contribution in [0.1, 0.15) is 48.4 Å². The number of amides is 2. The third-order valence-corrected chi connectivity index (χ3v) is 3.74. The Balaban J connectivity index is 2.04. The van der Waals surface area contributed by atoms with Crippen molar-refractivity contribution in [3.63, 3.8) is 0 Å². The van der Waals surface area contributed by atoms with Crippen molar-refractivity contribution in [2.45, 2.75) is 39.7 Å². The second-order valence-corrected chi connectivity index (χ2v) is 6.69. The molecule has 1 aromatic carbocycles. The number of nitrogens with zero attached hydrogens (tertiary/aromatic N) is 1. The normalized spacial score (nSPS) is 12.2. The number of carbonyl (C=O) groups is 2. The lowest BCUT2D eigenvalue weighted by molar-refractivity contribution is -0.114. The summed E-state index contributed by atoms with van der Waals surface area (Å²) >= 11 is 0. The molecule has 2 amide bonds. The van der Waals surface area contributed by atoms with E-state index in [9.17, 15) is 18.4 Å². The molecule has 1 atom stereocenters. The zero-order valence-corrected chi connectivity index (χ0v) is 16.2. The fraction of sp³-hybridized carbons (Fsp3) is 0.350. The van der Waals surface area contributed by atoms with Crippen LogP contribution in [-0.2, 0) is 4.79 Å². The fourth-order valence-electron chi connectivity index (χ4n) is 2.47. The minimum Gasteiger partial charge on any atom is -0.487 e. The molecular weight excluding hydrogens is 368 g/mol. The average Bonchev–Trinajstić information content (AvgIpc) is 2.58. The third-order valence-electron chi connectivity index (χ3n) is 3.74. The average molecular weight is 391 g/mol. The van der Waals surface area contributed by atoms with Gasteiger partial charge >= 0.3 is 0 Å². The number of hydrogen-bond acceptors (Lipinski definition) is 4. The smallest absolute Gasteiger partial charge is 0.278 e. The molecule has 6 nitrogen and oxygen atoms in total. The molecule has 8 heteroatoms. The van der Waals surface area contributed by atoms with Crippen molar-refractivity contribution in [3.8, 4) is 5.75 Å². The molecule has 0 saturated heterocycles. The lowest BCUT2D eigenvalue weighted by Gasteiger charge is -2.16. The molecule has 0 radical (unpaired) electrons. The van der Waals surface area contributed by atoms with Gasteiger partial charge in [-0.1, -0.05) is 12.1 Å². The first kappa shape index (κ1) is 21.3. The van der Waals surface area contributed by atoms with Gasteiger partial charge in [-0.2, -0.15) is 0 Å². The van der Waals surface area contributed by atoms with Crippen LogP contribution in [0.2, 0.25) is 0 Å². The van der Waals surface area contributed by atoms with E-state index in [-0.39, 0.29) is 17.9 Å². The summed E-state index contributed by atoms with van der Waals surface area (Å²) in [6.45, 7) is 4.98. The Bertz CT molecular complexity index is 849. The van der Waals surface area contributed by atoms with Crippen LogP contribution in [0.25, 0.3) is 0 Å². The zero-order chi connectivity index (χ0) is 20.9. The van der Waals surface area contributed by atoms with E-state index in [2.05, 4.69) is 15.6 Å². The highest BCUT2D eigenvalue weighted by molar-refractivity contribution is 5.96. The number of alkyl halides is 2. The van der Waals surface area contributed by atoms with E-state index in [4.69, 9.17) is 4.74 Å². The monoisotopic (exact) mass is 391 g/mol. The van der Waals surface area contributed by atoms with Crippen LogP contribution in [0.15, 0.2) is 36.4 Å². The summed E-state index contributed by atoms with van der Waals surface area (Å²) in [5.74, 6) is -2.87. The first-order chi connectivity index (χ1) is 13.0. The van der Waals surface area contributed by atoms with Gasteiger partial charge in [0.1, 0.15) is 11.6 Å². The fourth-order valence-corrected chi connectivity index (χ4v) is 2.47. The topological polar surface area (TPSA) is 80.3 Å². The molecule has 2 aromatic rings. The predicted octanol–water partition coefficient (Wildman–Crippen LogP) is 3.87. The van der Waals surface area contributed by atoms with Gasteiger partial charge in [0.2, 0.25) is 5.91 Å². The molecule has 2 N–H and O–H groups in total. The van der Waals surface area contributed by atoms with Crippen molar-refractivity contribution in [2.75, 3.05) is 11.9 Å². The minimum absolute atomic E-state index is 0.277. The summed E-state index contributed by atoms with van der Waals surface area (Å²) in [6, 6.07) is 9.35. The van der Waals surface area contributed by atoms with Gasteiger partial charge in [-0.25, -0.2) is 13.8 Å². The number of anilines is 1. The van der Waals surface area contributed by atoms with Gasteiger partial charge in [-0.05, 0) is 43.7 Å². The quantitative estimate of drug-likeness (QED) is 0.751. The lowest BCUT2D eigenvalue weighted by Crippen LogP contribution is -2.27. The van der Waals surface area contributed by atoms with Gasteiger partial charge in [0, 0.05) is 25.1 Å². The Kier molecular flexibility index (Phi) is 6.66. The molecule has 28 heavy (non-hydrogen) atoms. The number of aromatic nitrogens is 1. The van der Waals surface area contributed by atoms with Gasteiger partial charge in [0.15, 0.2) is 6.61 Å². The van der Waals surface area contributed by atoms with Crippen LogP contribution in [0.3, 0.4) is 0 Å². The molecule has 0 aliphatic rings. The van der Waals surface area contributed by atoms with Gasteiger partial charge in [0.25, 0.3) is 11.8 Å². The molecule has 2 rings (SSSR count). The summed E-state index contributed by atoms with van der Waals surface area (Å²) in [5, 5.41) is 5.41. The van der Waals surface area contributed by atoms with E-state index in [1.54, 1.807) is 44.2 Å². The van der Waals surface area contributed by atoms with Crippen molar-refractivity contribution < 1.29 is 23.1 Å². The Morgan fingerprint density at radius 1 is 1.21 bits per heavy atom. The highest BCUT2D eigenvalue weighted by atomic mass is 19.3. The number of ether oxygens (including phenoxy) is 1. The molecule has 0 spiro atoms.